The van der Waals surface area contributed by atoms with Crippen LogP contribution in [0.5, 0.6) is 23.0 Å². The molecule has 0 bridgehead atoms. The van der Waals surface area contributed by atoms with Gasteiger partial charge in [-0.2, -0.15) is 0 Å². The number of hydrogen-bond acceptors (Lipinski definition) is 11. The fourth-order valence-electron chi connectivity index (χ4n) is 6.68. The summed E-state index contributed by atoms with van der Waals surface area (Å²) >= 11 is 10.3. The average molecular weight is 865 g/mol. The minimum atomic E-state index is -0.699. The molecule has 0 saturated carbocycles. The van der Waals surface area contributed by atoms with E-state index in [1.54, 1.807) is 22.7 Å². The quantitative estimate of drug-likeness (QED) is 0.109. The van der Waals surface area contributed by atoms with Crippen LogP contribution in [-0.4, -0.2) is 84.3 Å². The van der Waals surface area contributed by atoms with Gasteiger partial charge in [-0.1, -0.05) is 76.2 Å². The van der Waals surface area contributed by atoms with Crippen molar-refractivity contribution in [1.82, 2.24) is 4.98 Å². The molecule has 5 heterocycles. The molecule has 326 valence electrons. The molecule has 0 atom stereocenters. The van der Waals surface area contributed by atoms with Crippen molar-refractivity contribution in [2.24, 2.45) is 34.5 Å². The topological polar surface area (TPSA) is 86.7 Å². The summed E-state index contributed by atoms with van der Waals surface area (Å²) in [5, 5.41) is 0. The van der Waals surface area contributed by atoms with Crippen molar-refractivity contribution >= 4 is 34.3 Å². The van der Waals surface area contributed by atoms with Gasteiger partial charge < -0.3 is 37.9 Å². The van der Waals surface area contributed by atoms with E-state index in [1.165, 1.54) is 0 Å². The van der Waals surface area contributed by atoms with Crippen LogP contribution in [0.15, 0.2) is 18.3 Å². The van der Waals surface area contributed by atoms with Gasteiger partial charge in [0.15, 0.2) is 23.0 Å². The van der Waals surface area contributed by atoms with Crippen LogP contribution in [0.1, 0.15) is 99.8 Å². The first-order valence-corrected chi connectivity index (χ1v) is 23.1. The Hall–Kier alpha value is -2.12. The standard InChI is InChI=1S/C46H70ClNO8S2/c1-29(2)17-49-21-45(22-50-18-30(3)4)25-53-35-37(55-27-45)41(43(9,10)11)57-39(35)33-14-15-34(48-16-33)40-36-38(42(58-40)44(12,13)47)56-28-46(26-54-36,23-51-19-31(5)6)24-52-20-32(7)8/h14-16,29-32H,17-28H2,1-13H3. The summed E-state index contributed by atoms with van der Waals surface area (Å²) in [6.45, 7) is 34.0. The van der Waals surface area contributed by atoms with Gasteiger partial charge in [0.25, 0.3) is 0 Å². The van der Waals surface area contributed by atoms with Crippen molar-refractivity contribution < 1.29 is 37.9 Å². The molecule has 12 heteroatoms. The number of alkyl halides is 1. The van der Waals surface area contributed by atoms with E-state index in [2.05, 4.69) is 88.3 Å². The predicted octanol–water partition coefficient (Wildman–Crippen LogP) is 11.5. The molecule has 58 heavy (non-hydrogen) atoms. The third-order valence-corrected chi connectivity index (χ3v) is 13.1. The molecule has 3 aromatic heterocycles. The molecule has 5 rings (SSSR count). The van der Waals surface area contributed by atoms with E-state index >= 15 is 0 Å². The van der Waals surface area contributed by atoms with Crippen LogP contribution in [0.3, 0.4) is 0 Å². The summed E-state index contributed by atoms with van der Waals surface area (Å²) in [6, 6.07) is 4.16. The Labute approximate surface area is 361 Å². The Kier molecular flexibility index (Phi) is 16.0. The minimum absolute atomic E-state index is 0.176. The number of aromatic nitrogens is 1. The monoisotopic (exact) mass is 863 g/mol. The van der Waals surface area contributed by atoms with Crippen molar-refractivity contribution in [3.8, 4) is 44.0 Å². The SMILES string of the molecule is CC(C)COCC1(COCC(C)C)COc2c(-c3ccc(-c4sc(C(C)(C)Cl)c5c4OCC(COCC(C)C)(COCC(C)C)CO5)nc3)sc(C(C)(C)C)c2OC1. The molecular formula is C46H70ClNO8S2. The summed E-state index contributed by atoms with van der Waals surface area (Å²) < 4.78 is 52.0. The maximum atomic E-state index is 7.05. The number of pyridine rings is 1. The van der Waals surface area contributed by atoms with Gasteiger partial charge in [0.05, 0.1) is 67.3 Å². The van der Waals surface area contributed by atoms with E-state index in [0.29, 0.717) is 114 Å². The average Bonchev–Trinajstić information content (AvgIpc) is 3.57. The molecule has 0 spiro atoms. The molecule has 0 N–H and O–H groups in total. The fourth-order valence-corrected chi connectivity index (χ4v) is 9.28. The molecule has 0 fully saturated rings. The van der Waals surface area contributed by atoms with Gasteiger partial charge in [-0.05, 0) is 49.7 Å². The Morgan fingerprint density at radius 1 is 0.586 bits per heavy atom. The third kappa shape index (κ3) is 12.0. The number of nitrogens with zero attached hydrogens (tertiary/aromatic N) is 1. The normalized spacial score (nSPS) is 16.7. The van der Waals surface area contributed by atoms with Gasteiger partial charge in [-0.25, -0.2) is 0 Å². The summed E-state index contributed by atoms with van der Waals surface area (Å²) in [5.41, 5.74) is 0.598. The van der Waals surface area contributed by atoms with Crippen LogP contribution >= 0.6 is 34.3 Å². The zero-order valence-corrected chi connectivity index (χ0v) is 39.8. The molecule has 2 aliphatic rings. The molecule has 2 aliphatic heterocycles. The van der Waals surface area contributed by atoms with Gasteiger partial charge in [-0.3, -0.25) is 4.98 Å². The summed E-state index contributed by atoms with van der Waals surface area (Å²) in [4.78, 5) is 8.26. The Bertz CT molecular complexity index is 1600. The number of fused-ring (bicyclic) bond motifs is 2. The van der Waals surface area contributed by atoms with E-state index in [1.807, 2.05) is 20.0 Å². The smallest absolute Gasteiger partial charge is 0.181 e. The second kappa shape index (κ2) is 19.7. The van der Waals surface area contributed by atoms with E-state index in [-0.39, 0.29) is 5.41 Å². The minimum Gasteiger partial charge on any atom is -0.488 e. The lowest BCUT2D eigenvalue weighted by Gasteiger charge is -2.31. The van der Waals surface area contributed by atoms with Crippen molar-refractivity contribution in [1.29, 1.82) is 0 Å². The lowest BCUT2D eigenvalue weighted by molar-refractivity contribution is -0.0675. The molecule has 9 nitrogen and oxygen atoms in total. The first-order chi connectivity index (χ1) is 27.2. The van der Waals surface area contributed by atoms with E-state index in [9.17, 15) is 0 Å². The molecular weight excluding hydrogens is 794 g/mol. The van der Waals surface area contributed by atoms with Crippen molar-refractivity contribution in [3.63, 3.8) is 0 Å². The van der Waals surface area contributed by atoms with Crippen molar-refractivity contribution in [2.75, 3.05) is 79.3 Å². The number of thiophene rings is 2. The van der Waals surface area contributed by atoms with Crippen LogP contribution in [0, 0.1) is 34.5 Å². The summed E-state index contributed by atoms with van der Waals surface area (Å²) in [6.07, 6.45) is 1.92. The van der Waals surface area contributed by atoms with Crippen LogP contribution < -0.4 is 18.9 Å². The second-order valence-corrected chi connectivity index (χ2v) is 22.8. The van der Waals surface area contributed by atoms with E-state index in [4.69, 9.17) is 54.5 Å². The van der Waals surface area contributed by atoms with Gasteiger partial charge in [-0.15, -0.1) is 34.3 Å². The molecule has 0 saturated heterocycles. The highest BCUT2D eigenvalue weighted by molar-refractivity contribution is 7.17. The number of halogens is 1. The largest absolute Gasteiger partial charge is 0.488 e. The number of hydrogen-bond donors (Lipinski definition) is 0. The molecule has 0 radical (unpaired) electrons. The van der Waals surface area contributed by atoms with E-state index < -0.39 is 15.7 Å². The zero-order valence-electron chi connectivity index (χ0n) is 37.4. The lowest BCUT2D eigenvalue weighted by atomic mass is 9.92. The van der Waals surface area contributed by atoms with Gasteiger partial charge >= 0.3 is 0 Å². The Morgan fingerprint density at radius 2 is 0.966 bits per heavy atom. The molecule has 0 unspecified atom stereocenters. The number of ether oxygens (including phenoxy) is 8. The van der Waals surface area contributed by atoms with Gasteiger partial charge in [0, 0.05) is 43.6 Å². The Morgan fingerprint density at radius 3 is 1.33 bits per heavy atom. The van der Waals surface area contributed by atoms with Crippen molar-refractivity contribution in [3.05, 3.63) is 28.1 Å². The molecule has 0 aromatic carbocycles. The molecule has 0 aliphatic carbocycles. The third-order valence-electron chi connectivity index (χ3n) is 9.65. The van der Waals surface area contributed by atoms with Crippen LogP contribution in [0.2, 0.25) is 0 Å². The van der Waals surface area contributed by atoms with E-state index in [0.717, 1.165) is 42.3 Å². The summed E-state index contributed by atoms with van der Waals surface area (Å²) in [7, 11) is 0. The first-order valence-electron chi connectivity index (χ1n) is 21.0. The molecule has 0 amide bonds. The summed E-state index contributed by atoms with van der Waals surface area (Å²) in [5.74, 6) is 4.54. The number of rotatable bonds is 19. The maximum absolute atomic E-state index is 7.05. The molecule has 3 aromatic rings. The van der Waals surface area contributed by atoms with Crippen molar-refractivity contribution in [2.45, 2.75) is 100 Å². The van der Waals surface area contributed by atoms with Crippen LogP contribution in [-0.2, 0) is 29.2 Å². The predicted molar refractivity (Wildman–Crippen MR) is 238 cm³/mol. The lowest BCUT2D eigenvalue weighted by Crippen LogP contribution is -2.43. The first kappa shape index (κ1) is 46.9. The fraction of sp³-hybridized carbons (Fsp3) is 0.717. The van der Waals surface area contributed by atoms with Gasteiger partial charge in [0.2, 0.25) is 0 Å². The second-order valence-electron chi connectivity index (χ2n) is 19.8. The highest BCUT2D eigenvalue weighted by atomic mass is 35.5. The maximum Gasteiger partial charge on any atom is 0.181 e. The van der Waals surface area contributed by atoms with Crippen LogP contribution in [0.25, 0.3) is 21.0 Å². The highest BCUT2D eigenvalue weighted by Crippen LogP contribution is 2.56. The van der Waals surface area contributed by atoms with Crippen LogP contribution in [0.4, 0.5) is 0 Å². The van der Waals surface area contributed by atoms with Gasteiger partial charge in [0.1, 0.15) is 26.4 Å². The Balaban J connectivity index is 1.47. The highest BCUT2D eigenvalue weighted by Gasteiger charge is 2.42. The zero-order chi connectivity index (χ0) is 42.5.